The molecule has 0 saturated carbocycles. The maximum atomic E-state index is 14.2. The number of rotatable bonds is 8. The minimum absolute atomic E-state index is 0.0162. The predicted molar refractivity (Wildman–Crippen MR) is 109 cm³/mol. The van der Waals surface area contributed by atoms with Crippen LogP contribution in [0.15, 0.2) is 48.5 Å². The number of nitrogens with zero attached hydrogens (tertiary/aromatic N) is 1. The summed E-state index contributed by atoms with van der Waals surface area (Å²) in [5.41, 5.74) is 1.11. The number of carbonyl (C=O) groups excluding carboxylic acids is 2. The number of halogens is 2. The Bertz CT molecular complexity index is 826. The third kappa shape index (κ3) is 6.34. The first-order chi connectivity index (χ1) is 13.3. The second-order valence-corrected chi connectivity index (χ2v) is 7.67. The Hall–Kier alpha value is -2.40. The van der Waals surface area contributed by atoms with Crippen LogP contribution in [0.1, 0.15) is 31.9 Å². The third-order valence-corrected chi connectivity index (χ3v) is 4.63. The van der Waals surface area contributed by atoms with Gasteiger partial charge in [0.05, 0.1) is 6.42 Å². The average molecular weight is 405 g/mol. The molecule has 2 aromatic rings. The van der Waals surface area contributed by atoms with E-state index in [2.05, 4.69) is 5.32 Å². The highest BCUT2D eigenvalue weighted by atomic mass is 35.5. The maximum absolute atomic E-state index is 14.2. The van der Waals surface area contributed by atoms with Crippen LogP contribution in [0.3, 0.4) is 0 Å². The fraction of sp³-hybridized carbons (Fsp3) is 0.364. The summed E-state index contributed by atoms with van der Waals surface area (Å²) in [6.07, 6.45) is 0.0802. The van der Waals surface area contributed by atoms with E-state index in [-0.39, 0.29) is 24.8 Å². The van der Waals surface area contributed by atoms with Crippen molar-refractivity contribution in [1.29, 1.82) is 0 Å². The van der Waals surface area contributed by atoms with Crippen molar-refractivity contribution in [2.24, 2.45) is 5.92 Å². The third-order valence-electron chi connectivity index (χ3n) is 4.39. The molecule has 0 fully saturated rings. The molecule has 0 unspecified atom stereocenters. The summed E-state index contributed by atoms with van der Waals surface area (Å²) in [6, 6.07) is 12.5. The van der Waals surface area contributed by atoms with Gasteiger partial charge in [0.1, 0.15) is 11.9 Å². The first-order valence-electron chi connectivity index (χ1n) is 9.33. The van der Waals surface area contributed by atoms with Gasteiger partial charge in [-0.25, -0.2) is 4.39 Å². The molecule has 0 spiro atoms. The standard InChI is InChI=1S/C22H26ClFN2O2/c1-15(2)13-25-22(28)16(3)26(14-18-8-4-5-10-20(18)24)21(27)12-17-7-6-9-19(23)11-17/h4-11,15-16H,12-14H2,1-3H3,(H,25,28)/t16-/m1/s1. The van der Waals surface area contributed by atoms with Crippen molar-refractivity contribution in [2.45, 2.75) is 39.8 Å². The normalized spacial score (nSPS) is 11.9. The van der Waals surface area contributed by atoms with Gasteiger partial charge in [-0.2, -0.15) is 0 Å². The van der Waals surface area contributed by atoms with Gasteiger partial charge in [-0.05, 0) is 36.6 Å². The Morgan fingerprint density at radius 3 is 2.46 bits per heavy atom. The molecule has 150 valence electrons. The molecule has 0 aliphatic carbocycles. The van der Waals surface area contributed by atoms with Gasteiger partial charge < -0.3 is 10.2 Å². The highest BCUT2D eigenvalue weighted by Gasteiger charge is 2.27. The van der Waals surface area contributed by atoms with Crippen LogP contribution in [0.5, 0.6) is 0 Å². The molecule has 0 aliphatic rings. The maximum Gasteiger partial charge on any atom is 0.242 e. The fourth-order valence-electron chi connectivity index (χ4n) is 2.77. The molecule has 28 heavy (non-hydrogen) atoms. The Kier molecular flexibility index (Phi) is 8.00. The number of hydrogen-bond donors (Lipinski definition) is 1. The Morgan fingerprint density at radius 2 is 1.82 bits per heavy atom. The first-order valence-corrected chi connectivity index (χ1v) is 9.70. The van der Waals surface area contributed by atoms with Gasteiger partial charge in [0.15, 0.2) is 0 Å². The van der Waals surface area contributed by atoms with E-state index < -0.39 is 11.9 Å². The molecule has 0 aliphatic heterocycles. The van der Waals surface area contributed by atoms with Crippen LogP contribution in [0.25, 0.3) is 0 Å². The topological polar surface area (TPSA) is 49.4 Å². The molecule has 2 rings (SSSR count). The summed E-state index contributed by atoms with van der Waals surface area (Å²) in [7, 11) is 0. The van der Waals surface area contributed by atoms with Gasteiger partial charge in [0.25, 0.3) is 0 Å². The van der Waals surface area contributed by atoms with Gasteiger partial charge in [-0.3, -0.25) is 9.59 Å². The van der Waals surface area contributed by atoms with E-state index in [4.69, 9.17) is 11.6 Å². The molecule has 6 heteroatoms. The highest BCUT2D eigenvalue weighted by Crippen LogP contribution is 2.16. The molecule has 2 aromatic carbocycles. The lowest BCUT2D eigenvalue weighted by Gasteiger charge is -2.29. The lowest BCUT2D eigenvalue weighted by atomic mass is 10.1. The monoisotopic (exact) mass is 404 g/mol. The Balaban J connectivity index is 2.22. The van der Waals surface area contributed by atoms with Crippen LogP contribution in [0.4, 0.5) is 4.39 Å². The molecule has 0 aromatic heterocycles. The van der Waals surface area contributed by atoms with Crippen molar-refractivity contribution >= 4 is 23.4 Å². The highest BCUT2D eigenvalue weighted by molar-refractivity contribution is 6.30. The summed E-state index contributed by atoms with van der Waals surface area (Å²) in [5, 5.41) is 3.38. The number of nitrogens with one attached hydrogen (secondary N) is 1. The summed E-state index contributed by atoms with van der Waals surface area (Å²) in [6.45, 7) is 6.17. The molecule has 1 N–H and O–H groups in total. The molecule has 0 bridgehead atoms. The number of benzene rings is 2. The zero-order valence-electron chi connectivity index (χ0n) is 16.4. The van der Waals surface area contributed by atoms with Crippen LogP contribution < -0.4 is 5.32 Å². The Labute approximate surface area is 170 Å². The van der Waals surface area contributed by atoms with E-state index in [9.17, 15) is 14.0 Å². The van der Waals surface area contributed by atoms with E-state index in [1.54, 1.807) is 49.4 Å². The summed E-state index contributed by atoms with van der Waals surface area (Å²) in [5.74, 6) is -0.640. The van der Waals surface area contributed by atoms with E-state index in [1.807, 2.05) is 13.8 Å². The number of carbonyl (C=O) groups is 2. The van der Waals surface area contributed by atoms with Gasteiger partial charge >= 0.3 is 0 Å². The number of hydrogen-bond acceptors (Lipinski definition) is 2. The number of amides is 2. The molecule has 0 heterocycles. The summed E-state index contributed by atoms with van der Waals surface area (Å²) >= 11 is 6.00. The van der Waals surface area contributed by atoms with E-state index in [1.165, 1.54) is 11.0 Å². The van der Waals surface area contributed by atoms with Crippen molar-refractivity contribution in [3.05, 3.63) is 70.5 Å². The second-order valence-electron chi connectivity index (χ2n) is 7.23. The van der Waals surface area contributed by atoms with E-state index in [0.29, 0.717) is 23.0 Å². The smallest absolute Gasteiger partial charge is 0.242 e. The quantitative estimate of drug-likeness (QED) is 0.716. The lowest BCUT2D eigenvalue weighted by molar-refractivity contribution is -0.140. The second kappa shape index (κ2) is 10.2. The van der Waals surface area contributed by atoms with Crippen molar-refractivity contribution in [3.8, 4) is 0 Å². The Morgan fingerprint density at radius 1 is 1.11 bits per heavy atom. The minimum atomic E-state index is -0.731. The zero-order chi connectivity index (χ0) is 20.7. The van der Waals surface area contributed by atoms with Crippen molar-refractivity contribution in [1.82, 2.24) is 10.2 Å². The van der Waals surface area contributed by atoms with Crippen molar-refractivity contribution in [3.63, 3.8) is 0 Å². The van der Waals surface area contributed by atoms with Gasteiger partial charge in [-0.15, -0.1) is 0 Å². The van der Waals surface area contributed by atoms with Gasteiger partial charge in [-0.1, -0.05) is 55.8 Å². The van der Waals surface area contributed by atoms with Crippen molar-refractivity contribution < 1.29 is 14.0 Å². The van der Waals surface area contributed by atoms with Crippen LogP contribution >= 0.6 is 11.6 Å². The lowest BCUT2D eigenvalue weighted by Crippen LogP contribution is -2.48. The molecule has 0 radical (unpaired) electrons. The summed E-state index contributed by atoms with van der Waals surface area (Å²) in [4.78, 5) is 27.0. The van der Waals surface area contributed by atoms with Gasteiger partial charge in [0, 0.05) is 23.7 Å². The van der Waals surface area contributed by atoms with Crippen LogP contribution in [0, 0.1) is 11.7 Å². The van der Waals surface area contributed by atoms with E-state index in [0.717, 1.165) is 5.56 Å². The minimum Gasteiger partial charge on any atom is -0.354 e. The van der Waals surface area contributed by atoms with Crippen LogP contribution in [0.2, 0.25) is 5.02 Å². The molecular weight excluding hydrogens is 379 g/mol. The summed E-state index contributed by atoms with van der Waals surface area (Å²) < 4.78 is 14.2. The largest absolute Gasteiger partial charge is 0.354 e. The molecule has 0 saturated heterocycles. The van der Waals surface area contributed by atoms with Crippen LogP contribution in [-0.2, 0) is 22.6 Å². The fourth-order valence-corrected chi connectivity index (χ4v) is 2.98. The SMILES string of the molecule is CC(C)CNC(=O)[C@@H](C)N(Cc1ccccc1F)C(=O)Cc1cccc(Cl)c1. The van der Waals surface area contributed by atoms with Crippen molar-refractivity contribution in [2.75, 3.05) is 6.54 Å². The van der Waals surface area contributed by atoms with Crippen LogP contribution in [-0.4, -0.2) is 29.3 Å². The average Bonchev–Trinajstić information content (AvgIpc) is 2.64. The van der Waals surface area contributed by atoms with Gasteiger partial charge in [0.2, 0.25) is 11.8 Å². The first kappa shape index (κ1) is 21.9. The zero-order valence-corrected chi connectivity index (χ0v) is 17.2. The molecular formula is C22H26ClFN2O2. The molecule has 4 nitrogen and oxygen atoms in total. The van der Waals surface area contributed by atoms with E-state index >= 15 is 0 Å². The molecule has 2 amide bonds. The molecule has 1 atom stereocenters. The predicted octanol–water partition coefficient (Wildman–Crippen LogP) is 4.21.